The van der Waals surface area contributed by atoms with Gasteiger partial charge in [-0.1, -0.05) is 53.7 Å². The summed E-state index contributed by atoms with van der Waals surface area (Å²) in [6.45, 7) is 2.64. The van der Waals surface area contributed by atoms with E-state index in [1.54, 1.807) is 11.8 Å². The van der Waals surface area contributed by atoms with Crippen LogP contribution in [-0.4, -0.2) is 57.6 Å². The van der Waals surface area contributed by atoms with Crippen molar-refractivity contribution >= 4 is 29.3 Å². The average Bonchev–Trinajstić information content (AvgIpc) is 3.21. The molecule has 6 nitrogen and oxygen atoms in total. The molecule has 1 aromatic heterocycles. The van der Waals surface area contributed by atoms with E-state index in [0.29, 0.717) is 43.6 Å². The molecule has 2 aromatic carbocycles. The zero-order chi connectivity index (χ0) is 20.8. The van der Waals surface area contributed by atoms with Crippen molar-refractivity contribution in [2.75, 3.05) is 32.1 Å². The van der Waals surface area contributed by atoms with Crippen LogP contribution >= 0.6 is 23.4 Å². The number of aromatic nitrogens is 3. The fourth-order valence-corrected chi connectivity index (χ4v) is 4.46. The van der Waals surface area contributed by atoms with Crippen molar-refractivity contribution in [1.29, 1.82) is 0 Å². The standard InChI is InChI=1S/C22H23ClN4O2S/c23-19-10-5-4-9-18(19)21-24-25-22(27(21)17-7-2-1-3-8-17)30-16-6-11-20(28)26-12-14-29-15-13-26/h1-5,7-10H,6,11-16H2. The zero-order valence-electron chi connectivity index (χ0n) is 16.5. The average molecular weight is 443 g/mol. The number of thioether (sulfide) groups is 1. The van der Waals surface area contributed by atoms with Crippen LogP contribution in [-0.2, 0) is 9.53 Å². The molecule has 8 heteroatoms. The number of amides is 1. The minimum Gasteiger partial charge on any atom is -0.378 e. The molecule has 0 N–H and O–H groups in total. The highest BCUT2D eigenvalue weighted by atomic mass is 35.5. The number of hydrogen-bond donors (Lipinski definition) is 0. The van der Waals surface area contributed by atoms with Gasteiger partial charge in [0.1, 0.15) is 0 Å². The largest absolute Gasteiger partial charge is 0.378 e. The zero-order valence-corrected chi connectivity index (χ0v) is 18.1. The number of carbonyl (C=O) groups is 1. The number of hydrogen-bond acceptors (Lipinski definition) is 5. The van der Waals surface area contributed by atoms with Crippen LogP contribution in [0.3, 0.4) is 0 Å². The van der Waals surface area contributed by atoms with E-state index in [1.807, 2.05) is 64.1 Å². The number of halogens is 1. The van der Waals surface area contributed by atoms with Crippen molar-refractivity contribution in [3.63, 3.8) is 0 Å². The molecule has 1 aliphatic heterocycles. The highest BCUT2D eigenvalue weighted by Gasteiger charge is 2.19. The number of rotatable bonds is 7. The predicted molar refractivity (Wildman–Crippen MR) is 119 cm³/mol. The number of carbonyl (C=O) groups excluding carboxylic acids is 1. The number of ether oxygens (including phenoxy) is 1. The molecule has 0 bridgehead atoms. The van der Waals surface area contributed by atoms with Gasteiger partial charge in [-0.05, 0) is 30.7 Å². The fraction of sp³-hybridized carbons (Fsp3) is 0.318. The summed E-state index contributed by atoms with van der Waals surface area (Å²) in [4.78, 5) is 14.2. The quantitative estimate of drug-likeness (QED) is 0.403. The number of para-hydroxylation sites is 1. The van der Waals surface area contributed by atoms with Gasteiger partial charge in [-0.2, -0.15) is 0 Å². The molecule has 156 valence electrons. The highest BCUT2D eigenvalue weighted by Crippen LogP contribution is 2.32. The van der Waals surface area contributed by atoms with Gasteiger partial charge >= 0.3 is 0 Å². The molecule has 1 aliphatic rings. The van der Waals surface area contributed by atoms with Crippen molar-refractivity contribution < 1.29 is 9.53 Å². The van der Waals surface area contributed by atoms with Gasteiger partial charge in [0.25, 0.3) is 0 Å². The SMILES string of the molecule is O=C(CCCSc1nnc(-c2ccccc2Cl)n1-c1ccccc1)N1CCOCC1. The van der Waals surface area contributed by atoms with E-state index < -0.39 is 0 Å². The summed E-state index contributed by atoms with van der Waals surface area (Å²) in [6.07, 6.45) is 1.31. The van der Waals surface area contributed by atoms with Crippen LogP contribution in [0.5, 0.6) is 0 Å². The normalized spacial score (nSPS) is 14.1. The lowest BCUT2D eigenvalue weighted by atomic mass is 10.2. The monoisotopic (exact) mass is 442 g/mol. The van der Waals surface area contributed by atoms with Crippen LogP contribution in [0.15, 0.2) is 59.8 Å². The van der Waals surface area contributed by atoms with Gasteiger partial charge in [-0.3, -0.25) is 9.36 Å². The van der Waals surface area contributed by atoms with Crippen LogP contribution in [0.1, 0.15) is 12.8 Å². The first-order valence-electron chi connectivity index (χ1n) is 9.98. The Labute approximate surface area is 185 Å². The predicted octanol–water partition coefficient (Wildman–Crippen LogP) is 4.32. The minimum atomic E-state index is 0.195. The van der Waals surface area contributed by atoms with Gasteiger partial charge in [0.2, 0.25) is 5.91 Å². The van der Waals surface area contributed by atoms with Gasteiger partial charge in [0, 0.05) is 36.5 Å². The summed E-state index contributed by atoms with van der Waals surface area (Å²) >= 11 is 8.03. The number of benzene rings is 2. The fourth-order valence-electron chi connectivity index (χ4n) is 3.35. The van der Waals surface area contributed by atoms with Crippen LogP contribution in [0.2, 0.25) is 5.02 Å². The van der Waals surface area contributed by atoms with Gasteiger partial charge < -0.3 is 9.64 Å². The third-order valence-corrected chi connectivity index (χ3v) is 6.24. The van der Waals surface area contributed by atoms with E-state index in [0.717, 1.165) is 28.6 Å². The summed E-state index contributed by atoms with van der Waals surface area (Å²) < 4.78 is 7.33. The van der Waals surface area contributed by atoms with E-state index >= 15 is 0 Å². The lowest BCUT2D eigenvalue weighted by molar-refractivity contribution is -0.135. The molecule has 0 radical (unpaired) electrons. The van der Waals surface area contributed by atoms with Gasteiger partial charge in [-0.25, -0.2) is 0 Å². The third kappa shape index (κ3) is 4.86. The van der Waals surface area contributed by atoms with E-state index in [9.17, 15) is 4.79 Å². The van der Waals surface area contributed by atoms with Gasteiger partial charge in [0.05, 0.1) is 18.2 Å². The highest BCUT2D eigenvalue weighted by molar-refractivity contribution is 7.99. The molecule has 1 fully saturated rings. The van der Waals surface area contributed by atoms with E-state index in [-0.39, 0.29) is 5.91 Å². The van der Waals surface area contributed by atoms with Crippen LogP contribution in [0.4, 0.5) is 0 Å². The van der Waals surface area contributed by atoms with E-state index in [1.165, 1.54) is 0 Å². The van der Waals surface area contributed by atoms with Gasteiger partial charge in [-0.15, -0.1) is 10.2 Å². The topological polar surface area (TPSA) is 60.2 Å². The Kier molecular flexibility index (Phi) is 7.04. The Bertz CT molecular complexity index is 990. The summed E-state index contributed by atoms with van der Waals surface area (Å²) in [6, 6.07) is 17.6. The maximum Gasteiger partial charge on any atom is 0.222 e. The molecule has 4 rings (SSSR count). The van der Waals surface area contributed by atoms with E-state index in [4.69, 9.17) is 16.3 Å². The Morgan fingerprint density at radius 3 is 2.53 bits per heavy atom. The van der Waals surface area contributed by atoms with Crippen molar-refractivity contribution in [3.05, 3.63) is 59.6 Å². The van der Waals surface area contributed by atoms with E-state index in [2.05, 4.69) is 10.2 Å². The molecule has 3 aromatic rings. The summed E-state index contributed by atoms with van der Waals surface area (Å²) in [5, 5.41) is 10.3. The maximum atomic E-state index is 12.3. The lowest BCUT2D eigenvalue weighted by Crippen LogP contribution is -2.40. The van der Waals surface area contributed by atoms with Crippen molar-refractivity contribution in [1.82, 2.24) is 19.7 Å². The smallest absolute Gasteiger partial charge is 0.222 e. The second kappa shape index (κ2) is 10.1. The van der Waals surface area contributed by atoms with Crippen LogP contribution in [0.25, 0.3) is 17.1 Å². The van der Waals surface area contributed by atoms with Crippen molar-refractivity contribution in [2.24, 2.45) is 0 Å². The molecule has 0 aliphatic carbocycles. The molecule has 2 heterocycles. The molecule has 0 saturated carbocycles. The molecular formula is C22H23ClN4O2S. The molecule has 0 spiro atoms. The van der Waals surface area contributed by atoms with Gasteiger partial charge in [0.15, 0.2) is 11.0 Å². The first-order valence-corrected chi connectivity index (χ1v) is 11.3. The first kappa shape index (κ1) is 20.9. The second-order valence-electron chi connectivity index (χ2n) is 6.90. The summed E-state index contributed by atoms with van der Waals surface area (Å²) in [7, 11) is 0. The Morgan fingerprint density at radius 1 is 1.03 bits per heavy atom. The molecular weight excluding hydrogens is 420 g/mol. The molecule has 0 atom stereocenters. The Hall–Kier alpha value is -2.35. The molecule has 30 heavy (non-hydrogen) atoms. The Morgan fingerprint density at radius 2 is 1.77 bits per heavy atom. The second-order valence-corrected chi connectivity index (χ2v) is 8.37. The van der Waals surface area contributed by atoms with Crippen LogP contribution in [0, 0.1) is 0 Å². The lowest BCUT2D eigenvalue weighted by Gasteiger charge is -2.26. The minimum absolute atomic E-state index is 0.195. The van der Waals surface area contributed by atoms with Crippen molar-refractivity contribution in [3.8, 4) is 17.1 Å². The summed E-state index contributed by atoms with van der Waals surface area (Å²) in [5.74, 6) is 1.68. The number of morpholine rings is 1. The number of nitrogens with zero attached hydrogens (tertiary/aromatic N) is 4. The summed E-state index contributed by atoms with van der Waals surface area (Å²) in [5.41, 5.74) is 1.81. The first-order chi connectivity index (χ1) is 14.7. The maximum absolute atomic E-state index is 12.3. The Balaban J connectivity index is 1.48. The third-order valence-electron chi connectivity index (χ3n) is 4.89. The molecule has 0 unspecified atom stereocenters. The van der Waals surface area contributed by atoms with Crippen LogP contribution < -0.4 is 0 Å². The molecule has 1 saturated heterocycles. The van der Waals surface area contributed by atoms with Crippen molar-refractivity contribution in [2.45, 2.75) is 18.0 Å². The molecule has 1 amide bonds.